The summed E-state index contributed by atoms with van der Waals surface area (Å²) in [5, 5.41) is 0.531. The van der Waals surface area contributed by atoms with Crippen LogP contribution in [-0.4, -0.2) is 5.78 Å². The summed E-state index contributed by atoms with van der Waals surface area (Å²) in [6, 6.07) is 5.01. The van der Waals surface area contributed by atoms with Crippen LogP contribution in [0.2, 0.25) is 5.02 Å². The lowest BCUT2D eigenvalue weighted by atomic mass is 10.1. The van der Waals surface area contributed by atoms with E-state index in [-0.39, 0.29) is 11.7 Å². The summed E-state index contributed by atoms with van der Waals surface area (Å²) in [6.45, 7) is 0. The van der Waals surface area contributed by atoms with Crippen molar-refractivity contribution in [2.45, 2.75) is 12.8 Å². The van der Waals surface area contributed by atoms with Crippen LogP contribution in [0.1, 0.15) is 23.2 Å². The lowest BCUT2D eigenvalue weighted by Crippen LogP contribution is -2.02. The van der Waals surface area contributed by atoms with Crippen LogP contribution in [0.4, 0.5) is 5.69 Å². The second-order valence-corrected chi connectivity index (χ2v) is 3.85. The van der Waals surface area contributed by atoms with Gasteiger partial charge in [0, 0.05) is 22.2 Å². The Labute approximate surface area is 81.7 Å². The Morgan fingerprint density at radius 1 is 1.38 bits per heavy atom. The molecule has 1 aromatic carbocycles. The van der Waals surface area contributed by atoms with Crippen LogP contribution < -0.4 is 5.73 Å². The molecule has 0 unspecified atom stereocenters. The zero-order valence-corrected chi connectivity index (χ0v) is 7.84. The number of hydrogen-bond donors (Lipinski definition) is 1. The smallest absolute Gasteiger partial charge is 0.166 e. The summed E-state index contributed by atoms with van der Waals surface area (Å²) in [6.07, 6.45) is 2.01. The molecule has 68 valence electrons. The minimum Gasteiger partial charge on any atom is -0.399 e. The third-order valence-electron chi connectivity index (χ3n) is 2.15. The van der Waals surface area contributed by atoms with Crippen LogP contribution >= 0.6 is 11.6 Å². The number of halogens is 1. The Kier molecular flexibility index (Phi) is 2.00. The molecule has 2 nitrogen and oxygen atoms in total. The first kappa shape index (κ1) is 8.57. The lowest BCUT2D eigenvalue weighted by molar-refractivity contribution is 0.0967. The van der Waals surface area contributed by atoms with E-state index in [1.54, 1.807) is 18.2 Å². The Morgan fingerprint density at radius 3 is 2.62 bits per heavy atom. The number of ketones is 1. The number of anilines is 1. The van der Waals surface area contributed by atoms with Crippen LogP contribution in [0.3, 0.4) is 0 Å². The predicted octanol–water partition coefficient (Wildman–Crippen LogP) is 2.51. The zero-order chi connectivity index (χ0) is 9.42. The second kappa shape index (κ2) is 3.04. The standard InChI is InChI=1S/C10H10ClNO/c11-8-3-7(4-9(12)5-8)10(13)6-1-2-6/h3-6H,1-2,12H2. The zero-order valence-electron chi connectivity index (χ0n) is 7.09. The Morgan fingerprint density at radius 2 is 2.08 bits per heavy atom. The molecule has 1 aromatic rings. The highest BCUT2D eigenvalue weighted by Gasteiger charge is 2.30. The van der Waals surface area contributed by atoms with Gasteiger partial charge >= 0.3 is 0 Å². The third kappa shape index (κ3) is 1.83. The number of carbonyl (C=O) groups is 1. The molecular formula is C10H10ClNO. The van der Waals surface area contributed by atoms with Gasteiger partial charge < -0.3 is 5.73 Å². The van der Waals surface area contributed by atoms with Gasteiger partial charge in [-0.2, -0.15) is 0 Å². The molecule has 0 radical (unpaired) electrons. The van der Waals surface area contributed by atoms with E-state index in [1.807, 2.05) is 0 Å². The largest absolute Gasteiger partial charge is 0.399 e. The van der Waals surface area contributed by atoms with Gasteiger partial charge in [-0.15, -0.1) is 0 Å². The van der Waals surface area contributed by atoms with E-state index in [9.17, 15) is 4.79 Å². The van der Waals surface area contributed by atoms with E-state index >= 15 is 0 Å². The Bertz CT molecular complexity index is 338. The number of hydrogen-bond acceptors (Lipinski definition) is 2. The molecule has 0 aliphatic heterocycles. The van der Waals surface area contributed by atoms with Gasteiger partial charge in [-0.05, 0) is 31.0 Å². The molecule has 0 bridgehead atoms. The van der Waals surface area contributed by atoms with Gasteiger partial charge in [0.15, 0.2) is 5.78 Å². The molecule has 0 atom stereocenters. The molecule has 0 spiro atoms. The van der Waals surface area contributed by atoms with Crippen molar-refractivity contribution in [3.63, 3.8) is 0 Å². The number of nitrogen functional groups attached to an aromatic ring is 1. The summed E-state index contributed by atoms with van der Waals surface area (Å²) >= 11 is 5.79. The van der Waals surface area contributed by atoms with Crippen LogP contribution in [0.5, 0.6) is 0 Å². The molecule has 2 rings (SSSR count). The van der Waals surface area contributed by atoms with Gasteiger partial charge in [0.2, 0.25) is 0 Å². The van der Waals surface area contributed by atoms with Crippen LogP contribution in [-0.2, 0) is 0 Å². The Balaban J connectivity index is 2.33. The van der Waals surface area contributed by atoms with E-state index in [2.05, 4.69) is 0 Å². The third-order valence-corrected chi connectivity index (χ3v) is 2.37. The number of nitrogens with two attached hydrogens (primary N) is 1. The summed E-state index contributed by atoms with van der Waals surface area (Å²) < 4.78 is 0. The Hall–Kier alpha value is -1.02. The van der Waals surface area contributed by atoms with Gasteiger partial charge in [-0.1, -0.05) is 11.6 Å². The molecule has 1 aliphatic rings. The van der Waals surface area contributed by atoms with Gasteiger partial charge in [0.1, 0.15) is 0 Å². The van der Waals surface area contributed by atoms with Crippen molar-refractivity contribution < 1.29 is 4.79 Å². The molecule has 1 fully saturated rings. The molecule has 0 saturated heterocycles. The molecule has 0 aromatic heterocycles. The predicted molar refractivity (Wildman–Crippen MR) is 52.9 cm³/mol. The number of rotatable bonds is 2. The van der Waals surface area contributed by atoms with E-state index in [0.29, 0.717) is 16.3 Å². The fourth-order valence-electron chi connectivity index (χ4n) is 1.34. The van der Waals surface area contributed by atoms with E-state index in [0.717, 1.165) is 12.8 Å². The molecule has 3 heteroatoms. The molecule has 13 heavy (non-hydrogen) atoms. The molecule has 1 saturated carbocycles. The van der Waals surface area contributed by atoms with Crippen molar-refractivity contribution in [2.75, 3.05) is 5.73 Å². The molecule has 0 amide bonds. The van der Waals surface area contributed by atoms with Gasteiger partial charge in [0.25, 0.3) is 0 Å². The van der Waals surface area contributed by atoms with Crippen molar-refractivity contribution in [3.05, 3.63) is 28.8 Å². The SMILES string of the molecule is Nc1cc(Cl)cc(C(=O)C2CC2)c1. The maximum absolute atomic E-state index is 11.6. The van der Waals surface area contributed by atoms with Gasteiger partial charge in [0.05, 0.1) is 0 Å². The van der Waals surface area contributed by atoms with Gasteiger partial charge in [-0.3, -0.25) is 4.79 Å². The van der Waals surface area contributed by atoms with Crippen molar-refractivity contribution in [3.8, 4) is 0 Å². The summed E-state index contributed by atoms with van der Waals surface area (Å²) in [4.78, 5) is 11.6. The van der Waals surface area contributed by atoms with Crippen molar-refractivity contribution in [1.82, 2.24) is 0 Å². The van der Waals surface area contributed by atoms with Crippen LogP contribution in [0.25, 0.3) is 0 Å². The number of carbonyl (C=O) groups excluding carboxylic acids is 1. The maximum atomic E-state index is 11.6. The molecule has 1 aliphatic carbocycles. The first-order chi connectivity index (χ1) is 6.16. The maximum Gasteiger partial charge on any atom is 0.166 e. The van der Waals surface area contributed by atoms with E-state index < -0.39 is 0 Å². The second-order valence-electron chi connectivity index (χ2n) is 3.41. The summed E-state index contributed by atoms with van der Waals surface area (Å²) in [5.74, 6) is 0.395. The van der Waals surface area contributed by atoms with Crippen molar-refractivity contribution >= 4 is 23.1 Å². The van der Waals surface area contributed by atoms with Crippen molar-refractivity contribution in [1.29, 1.82) is 0 Å². The van der Waals surface area contributed by atoms with Crippen LogP contribution in [0.15, 0.2) is 18.2 Å². The first-order valence-corrected chi connectivity index (χ1v) is 4.65. The number of benzene rings is 1. The average molecular weight is 196 g/mol. The first-order valence-electron chi connectivity index (χ1n) is 4.27. The summed E-state index contributed by atoms with van der Waals surface area (Å²) in [5.41, 5.74) is 6.78. The van der Waals surface area contributed by atoms with Crippen LogP contribution in [0, 0.1) is 5.92 Å². The minimum absolute atomic E-state index is 0.175. The highest BCUT2D eigenvalue weighted by molar-refractivity contribution is 6.31. The van der Waals surface area contributed by atoms with E-state index in [4.69, 9.17) is 17.3 Å². The molecular weight excluding hydrogens is 186 g/mol. The summed E-state index contributed by atoms with van der Waals surface area (Å²) in [7, 11) is 0. The molecule has 0 heterocycles. The number of Topliss-reactive ketones (excluding diaryl/α,β-unsaturated/α-hetero) is 1. The highest BCUT2D eigenvalue weighted by Crippen LogP contribution is 2.33. The fourth-order valence-corrected chi connectivity index (χ4v) is 1.58. The quantitative estimate of drug-likeness (QED) is 0.582. The average Bonchev–Trinajstić information content (AvgIpc) is 2.83. The van der Waals surface area contributed by atoms with Crippen molar-refractivity contribution in [2.24, 2.45) is 5.92 Å². The normalized spacial score (nSPS) is 15.8. The minimum atomic E-state index is 0.175. The fraction of sp³-hybridized carbons (Fsp3) is 0.300. The van der Waals surface area contributed by atoms with Gasteiger partial charge in [-0.25, -0.2) is 0 Å². The molecule has 2 N–H and O–H groups in total. The monoisotopic (exact) mass is 195 g/mol. The van der Waals surface area contributed by atoms with E-state index in [1.165, 1.54) is 0 Å². The topological polar surface area (TPSA) is 43.1 Å². The highest BCUT2D eigenvalue weighted by atomic mass is 35.5. The lowest BCUT2D eigenvalue weighted by Gasteiger charge is -2.01.